The standard InChI is InChI=1S/C13H12ClNO2S/c1-8(2)18-13-15-11(12(16)17-13)7-9-3-5-10(14)6-4-9/h3-8H,1-2H3. The minimum atomic E-state index is -0.409. The van der Waals surface area contributed by atoms with Crippen LogP contribution in [0.5, 0.6) is 0 Å². The zero-order valence-electron chi connectivity index (χ0n) is 10.0. The summed E-state index contributed by atoms with van der Waals surface area (Å²) < 4.78 is 5.06. The van der Waals surface area contributed by atoms with Crippen LogP contribution >= 0.6 is 23.4 Å². The Balaban J connectivity index is 2.20. The van der Waals surface area contributed by atoms with E-state index < -0.39 is 5.97 Å². The van der Waals surface area contributed by atoms with Crippen molar-refractivity contribution in [1.29, 1.82) is 0 Å². The summed E-state index contributed by atoms with van der Waals surface area (Å²) in [6.45, 7) is 4.03. The molecule has 1 aliphatic rings. The number of cyclic esters (lactones) is 1. The van der Waals surface area contributed by atoms with Gasteiger partial charge in [0.1, 0.15) is 0 Å². The van der Waals surface area contributed by atoms with E-state index in [4.69, 9.17) is 16.3 Å². The molecular weight excluding hydrogens is 270 g/mol. The maximum Gasteiger partial charge on any atom is 0.364 e. The molecule has 0 aliphatic carbocycles. The van der Waals surface area contributed by atoms with Crippen molar-refractivity contribution in [3.63, 3.8) is 0 Å². The van der Waals surface area contributed by atoms with Gasteiger partial charge in [0.15, 0.2) is 5.70 Å². The van der Waals surface area contributed by atoms with Gasteiger partial charge < -0.3 is 4.74 Å². The molecule has 0 saturated carbocycles. The van der Waals surface area contributed by atoms with Crippen molar-refractivity contribution in [2.24, 2.45) is 4.99 Å². The zero-order chi connectivity index (χ0) is 13.1. The molecule has 0 amide bonds. The summed E-state index contributed by atoms with van der Waals surface area (Å²) in [5.74, 6) is -0.409. The van der Waals surface area contributed by atoms with Gasteiger partial charge in [-0.05, 0) is 23.8 Å². The predicted molar refractivity (Wildman–Crippen MR) is 75.7 cm³/mol. The van der Waals surface area contributed by atoms with Crippen LogP contribution in [0.25, 0.3) is 6.08 Å². The van der Waals surface area contributed by atoms with Crippen molar-refractivity contribution < 1.29 is 9.53 Å². The van der Waals surface area contributed by atoms with Gasteiger partial charge in [-0.15, -0.1) is 0 Å². The highest BCUT2D eigenvalue weighted by Crippen LogP contribution is 2.23. The number of rotatable bonds is 2. The molecule has 2 rings (SSSR count). The Morgan fingerprint density at radius 3 is 2.61 bits per heavy atom. The van der Waals surface area contributed by atoms with E-state index in [1.54, 1.807) is 18.2 Å². The van der Waals surface area contributed by atoms with Crippen molar-refractivity contribution >= 4 is 40.6 Å². The molecule has 0 spiro atoms. The van der Waals surface area contributed by atoms with E-state index >= 15 is 0 Å². The average Bonchev–Trinajstić information content (AvgIpc) is 2.61. The molecular formula is C13H12ClNO2S. The summed E-state index contributed by atoms with van der Waals surface area (Å²) in [5.41, 5.74) is 1.19. The molecule has 0 atom stereocenters. The Morgan fingerprint density at radius 2 is 2.00 bits per heavy atom. The van der Waals surface area contributed by atoms with Crippen molar-refractivity contribution in [2.75, 3.05) is 0 Å². The Labute approximate surface area is 115 Å². The predicted octanol–water partition coefficient (Wildman–Crippen LogP) is 3.74. The largest absolute Gasteiger partial charge is 0.396 e. The molecule has 5 heteroatoms. The summed E-state index contributed by atoms with van der Waals surface area (Å²) in [5, 5.41) is 1.40. The summed E-state index contributed by atoms with van der Waals surface area (Å²) in [6.07, 6.45) is 1.69. The van der Waals surface area contributed by atoms with Gasteiger partial charge in [-0.25, -0.2) is 4.79 Å². The maximum absolute atomic E-state index is 11.6. The first kappa shape index (κ1) is 13.2. The third-order valence-corrected chi connectivity index (χ3v) is 3.21. The average molecular weight is 282 g/mol. The first-order valence-corrected chi connectivity index (χ1v) is 6.75. The second kappa shape index (κ2) is 5.59. The molecule has 0 aromatic heterocycles. The monoisotopic (exact) mass is 281 g/mol. The quantitative estimate of drug-likeness (QED) is 0.612. The summed E-state index contributed by atoms with van der Waals surface area (Å²) in [6, 6.07) is 7.18. The van der Waals surface area contributed by atoms with Crippen LogP contribution in [0.4, 0.5) is 0 Å². The van der Waals surface area contributed by atoms with E-state index in [0.29, 0.717) is 21.2 Å². The number of hydrogen-bond acceptors (Lipinski definition) is 4. The lowest BCUT2D eigenvalue weighted by atomic mass is 10.2. The number of aliphatic imine (C=N–C) groups is 1. The van der Waals surface area contributed by atoms with Crippen LogP contribution < -0.4 is 0 Å². The Hall–Kier alpha value is -1.26. The Kier molecular flexibility index (Phi) is 4.09. The second-order valence-corrected chi connectivity index (χ2v) is 5.98. The fourth-order valence-electron chi connectivity index (χ4n) is 1.36. The lowest BCUT2D eigenvalue weighted by Crippen LogP contribution is -2.03. The van der Waals surface area contributed by atoms with Gasteiger partial charge in [-0.1, -0.05) is 49.3 Å². The topological polar surface area (TPSA) is 38.7 Å². The zero-order valence-corrected chi connectivity index (χ0v) is 11.6. The van der Waals surface area contributed by atoms with Gasteiger partial charge in [0.25, 0.3) is 5.23 Å². The molecule has 1 aromatic carbocycles. The minimum Gasteiger partial charge on any atom is -0.396 e. The second-order valence-electron chi connectivity index (χ2n) is 4.01. The third-order valence-electron chi connectivity index (χ3n) is 2.11. The van der Waals surface area contributed by atoms with Gasteiger partial charge in [0.05, 0.1) is 0 Å². The first-order chi connectivity index (χ1) is 8.54. The highest BCUT2D eigenvalue weighted by atomic mass is 35.5. The number of thioether (sulfide) groups is 1. The number of esters is 1. The van der Waals surface area contributed by atoms with Crippen LogP contribution in [0, 0.1) is 0 Å². The Morgan fingerprint density at radius 1 is 1.33 bits per heavy atom. The number of ether oxygens (including phenoxy) is 1. The number of benzene rings is 1. The molecule has 1 heterocycles. The van der Waals surface area contributed by atoms with E-state index in [-0.39, 0.29) is 0 Å². The summed E-state index contributed by atoms with van der Waals surface area (Å²) in [7, 11) is 0. The van der Waals surface area contributed by atoms with Crippen LogP contribution in [-0.2, 0) is 9.53 Å². The lowest BCUT2D eigenvalue weighted by molar-refractivity contribution is -0.129. The molecule has 1 aromatic rings. The molecule has 0 unspecified atom stereocenters. The van der Waals surface area contributed by atoms with Crippen molar-refractivity contribution in [1.82, 2.24) is 0 Å². The molecule has 0 radical (unpaired) electrons. The van der Waals surface area contributed by atoms with Crippen LogP contribution in [0.15, 0.2) is 35.0 Å². The van der Waals surface area contributed by atoms with E-state index in [1.807, 2.05) is 26.0 Å². The lowest BCUT2D eigenvalue weighted by Gasteiger charge is -2.00. The van der Waals surface area contributed by atoms with Crippen molar-refractivity contribution in [3.05, 3.63) is 40.5 Å². The van der Waals surface area contributed by atoms with Gasteiger partial charge in [0, 0.05) is 10.3 Å². The summed E-state index contributed by atoms with van der Waals surface area (Å²) in [4.78, 5) is 15.8. The molecule has 18 heavy (non-hydrogen) atoms. The van der Waals surface area contributed by atoms with Crippen molar-refractivity contribution in [3.8, 4) is 0 Å². The highest BCUT2D eigenvalue weighted by molar-refractivity contribution is 8.14. The number of carbonyl (C=O) groups excluding carboxylic acids is 1. The van der Waals surface area contributed by atoms with E-state index in [9.17, 15) is 4.79 Å². The number of hydrogen-bond donors (Lipinski definition) is 0. The van der Waals surface area contributed by atoms with Gasteiger partial charge in [0.2, 0.25) is 0 Å². The van der Waals surface area contributed by atoms with Crippen molar-refractivity contribution in [2.45, 2.75) is 19.1 Å². The molecule has 0 fully saturated rings. The number of carbonyl (C=O) groups is 1. The fraction of sp³-hybridized carbons (Fsp3) is 0.231. The molecule has 0 bridgehead atoms. The minimum absolute atomic E-state index is 0.320. The SMILES string of the molecule is CC(C)SC1=NC(=Cc2ccc(Cl)cc2)C(=O)O1. The first-order valence-electron chi connectivity index (χ1n) is 5.49. The van der Waals surface area contributed by atoms with Crippen LogP contribution in [-0.4, -0.2) is 16.4 Å². The van der Waals surface area contributed by atoms with E-state index in [0.717, 1.165) is 5.56 Å². The third kappa shape index (κ3) is 3.37. The van der Waals surface area contributed by atoms with Gasteiger partial charge in [-0.3, -0.25) is 0 Å². The number of halogens is 1. The van der Waals surface area contributed by atoms with E-state index in [2.05, 4.69) is 4.99 Å². The van der Waals surface area contributed by atoms with Gasteiger partial charge in [-0.2, -0.15) is 4.99 Å². The molecule has 3 nitrogen and oxygen atoms in total. The maximum atomic E-state index is 11.6. The fourth-order valence-corrected chi connectivity index (χ4v) is 2.16. The number of nitrogens with zero attached hydrogens (tertiary/aromatic N) is 1. The normalized spacial score (nSPS) is 17.2. The van der Waals surface area contributed by atoms with Crippen LogP contribution in [0.3, 0.4) is 0 Å². The molecule has 0 N–H and O–H groups in total. The van der Waals surface area contributed by atoms with Gasteiger partial charge >= 0.3 is 5.97 Å². The molecule has 94 valence electrons. The van der Waals surface area contributed by atoms with Crippen LogP contribution in [0.2, 0.25) is 5.02 Å². The molecule has 0 saturated heterocycles. The van der Waals surface area contributed by atoms with Crippen LogP contribution in [0.1, 0.15) is 19.4 Å². The highest BCUT2D eigenvalue weighted by Gasteiger charge is 2.23. The smallest absolute Gasteiger partial charge is 0.364 e. The molecule has 1 aliphatic heterocycles. The Bertz CT molecular complexity index is 520. The summed E-state index contributed by atoms with van der Waals surface area (Å²) >= 11 is 7.22. The van der Waals surface area contributed by atoms with E-state index in [1.165, 1.54) is 11.8 Å².